The summed E-state index contributed by atoms with van der Waals surface area (Å²) in [6.45, 7) is 3.84. The first-order valence-electron chi connectivity index (χ1n) is 9.23. The average Bonchev–Trinajstić information content (AvgIpc) is 3.14. The summed E-state index contributed by atoms with van der Waals surface area (Å²) < 4.78 is 0. The first-order chi connectivity index (χ1) is 12.8. The number of nitrogens with zero attached hydrogens (tertiary/aromatic N) is 4. The first kappa shape index (κ1) is 19.7. The van der Waals surface area contributed by atoms with Gasteiger partial charge in [0, 0.05) is 31.8 Å². The van der Waals surface area contributed by atoms with Gasteiger partial charge in [-0.05, 0) is 45.1 Å². The van der Waals surface area contributed by atoms with Crippen molar-refractivity contribution in [2.75, 3.05) is 32.9 Å². The number of carbonyl (C=O) groups is 2. The van der Waals surface area contributed by atoms with E-state index in [9.17, 15) is 9.59 Å². The van der Waals surface area contributed by atoms with Crippen LogP contribution in [0.15, 0.2) is 24.3 Å². The summed E-state index contributed by atoms with van der Waals surface area (Å²) >= 11 is 1.71. The van der Waals surface area contributed by atoms with Gasteiger partial charge in [0.15, 0.2) is 0 Å². The molecule has 2 aliphatic rings. The second kappa shape index (κ2) is 7.91. The lowest BCUT2D eigenvalue weighted by Crippen LogP contribution is -2.52. The zero-order valence-corrected chi connectivity index (χ0v) is 17.0. The summed E-state index contributed by atoms with van der Waals surface area (Å²) in [6.07, 6.45) is 1.33. The van der Waals surface area contributed by atoms with Gasteiger partial charge in [-0.2, -0.15) is 5.26 Å². The molecule has 27 heavy (non-hydrogen) atoms. The van der Waals surface area contributed by atoms with Crippen LogP contribution in [0.2, 0.25) is 0 Å². The van der Waals surface area contributed by atoms with Crippen molar-refractivity contribution in [1.82, 2.24) is 14.7 Å². The maximum atomic E-state index is 13.4. The molecule has 0 spiro atoms. The van der Waals surface area contributed by atoms with Gasteiger partial charge in [0.25, 0.3) is 0 Å². The average molecular weight is 387 g/mol. The molecule has 2 aliphatic heterocycles. The third kappa shape index (κ3) is 4.12. The molecule has 0 saturated carbocycles. The first-order valence-corrected chi connectivity index (χ1v) is 10.2. The molecule has 0 aliphatic carbocycles. The molecule has 0 aromatic heterocycles. The SMILES string of the molecule is CN(C)CCN(Cc1cccc(C#N)c1)C(=O)C1CSC2(C)CCC(=O)N12. The van der Waals surface area contributed by atoms with Crippen molar-refractivity contribution in [3.63, 3.8) is 0 Å². The molecule has 2 atom stereocenters. The third-order valence-electron chi connectivity index (χ3n) is 5.29. The number of carbonyl (C=O) groups excluding carboxylic acids is 2. The Morgan fingerprint density at radius 1 is 1.41 bits per heavy atom. The van der Waals surface area contributed by atoms with Crippen molar-refractivity contribution < 1.29 is 9.59 Å². The zero-order chi connectivity index (χ0) is 19.6. The summed E-state index contributed by atoms with van der Waals surface area (Å²) in [4.78, 5) is 31.2. The Kier molecular flexibility index (Phi) is 5.78. The predicted octanol–water partition coefficient (Wildman–Crippen LogP) is 1.90. The Labute approximate surface area is 165 Å². The minimum Gasteiger partial charge on any atom is -0.335 e. The highest BCUT2D eigenvalue weighted by molar-refractivity contribution is 8.01. The van der Waals surface area contributed by atoms with Crippen LogP contribution >= 0.6 is 11.8 Å². The van der Waals surface area contributed by atoms with Crippen LogP contribution in [-0.2, 0) is 16.1 Å². The number of likely N-dealkylation sites (N-methyl/N-ethyl adjacent to an activating group) is 1. The number of fused-ring (bicyclic) bond motifs is 1. The van der Waals surface area contributed by atoms with E-state index in [1.165, 1.54) is 0 Å². The van der Waals surface area contributed by atoms with E-state index in [0.29, 0.717) is 30.8 Å². The van der Waals surface area contributed by atoms with Crippen LogP contribution in [-0.4, -0.2) is 70.4 Å². The molecule has 7 heteroatoms. The molecule has 0 N–H and O–H groups in total. The van der Waals surface area contributed by atoms with Crippen LogP contribution in [0.3, 0.4) is 0 Å². The number of hydrogen-bond donors (Lipinski definition) is 0. The highest BCUT2D eigenvalue weighted by atomic mass is 32.2. The summed E-state index contributed by atoms with van der Waals surface area (Å²) in [5.74, 6) is 0.739. The number of rotatable bonds is 6. The molecular formula is C20H26N4O2S. The minimum atomic E-state index is -0.392. The lowest BCUT2D eigenvalue weighted by atomic mass is 10.1. The Balaban J connectivity index is 1.81. The number of hydrogen-bond acceptors (Lipinski definition) is 5. The summed E-state index contributed by atoms with van der Waals surface area (Å²) in [7, 11) is 3.96. The van der Waals surface area contributed by atoms with Gasteiger partial charge in [-0.15, -0.1) is 11.8 Å². The molecule has 2 amide bonds. The molecule has 144 valence electrons. The van der Waals surface area contributed by atoms with Crippen LogP contribution in [0.25, 0.3) is 0 Å². The van der Waals surface area contributed by atoms with Gasteiger partial charge in [-0.3, -0.25) is 9.59 Å². The fourth-order valence-corrected chi connectivity index (χ4v) is 5.18. The minimum absolute atomic E-state index is 0.00526. The summed E-state index contributed by atoms with van der Waals surface area (Å²) in [5, 5.41) is 9.13. The lowest BCUT2D eigenvalue weighted by Gasteiger charge is -2.33. The van der Waals surface area contributed by atoms with Gasteiger partial charge in [-0.25, -0.2) is 0 Å². The molecule has 2 fully saturated rings. The molecule has 2 unspecified atom stereocenters. The van der Waals surface area contributed by atoms with Crippen molar-refractivity contribution in [1.29, 1.82) is 5.26 Å². The van der Waals surface area contributed by atoms with Crippen molar-refractivity contribution in [2.45, 2.75) is 37.2 Å². The van der Waals surface area contributed by atoms with Gasteiger partial charge >= 0.3 is 0 Å². The monoisotopic (exact) mass is 386 g/mol. The van der Waals surface area contributed by atoms with E-state index in [4.69, 9.17) is 5.26 Å². The van der Waals surface area contributed by atoms with Crippen LogP contribution in [0.5, 0.6) is 0 Å². The van der Waals surface area contributed by atoms with Crippen LogP contribution < -0.4 is 0 Å². The molecule has 6 nitrogen and oxygen atoms in total. The van der Waals surface area contributed by atoms with Crippen LogP contribution in [0.1, 0.15) is 30.9 Å². The molecule has 0 bridgehead atoms. The van der Waals surface area contributed by atoms with E-state index in [0.717, 1.165) is 18.5 Å². The summed E-state index contributed by atoms with van der Waals surface area (Å²) in [6, 6.07) is 9.12. The molecular weight excluding hydrogens is 360 g/mol. The van der Waals surface area contributed by atoms with Gasteiger partial charge in [0.1, 0.15) is 6.04 Å². The number of benzene rings is 1. The van der Waals surface area contributed by atoms with Gasteiger partial charge < -0.3 is 14.7 Å². The largest absolute Gasteiger partial charge is 0.335 e. The summed E-state index contributed by atoms with van der Waals surface area (Å²) in [5.41, 5.74) is 1.52. The van der Waals surface area contributed by atoms with Crippen LogP contribution in [0, 0.1) is 11.3 Å². The molecule has 1 aromatic rings. The van der Waals surface area contributed by atoms with Crippen molar-refractivity contribution in [3.8, 4) is 6.07 Å². The molecule has 2 saturated heterocycles. The van der Waals surface area contributed by atoms with E-state index in [1.807, 2.05) is 47.0 Å². The smallest absolute Gasteiger partial charge is 0.246 e. The Bertz CT molecular complexity index is 775. The fourth-order valence-electron chi connectivity index (χ4n) is 3.76. The van der Waals surface area contributed by atoms with E-state index in [2.05, 4.69) is 13.0 Å². The van der Waals surface area contributed by atoms with Crippen molar-refractivity contribution in [3.05, 3.63) is 35.4 Å². The molecule has 0 radical (unpaired) electrons. The normalized spacial score (nSPS) is 24.2. The van der Waals surface area contributed by atoms with E-state index < -0.39 is 6.04 Å². The van der Waals surface area contributed by atoms with E-state index in [1.54, 1.807) is 17.8 Å². The van der Waals surface area contributed by atoms with Gasteiger partial charge in [-0.1, -0.05) is 12.1 Å². The second-order valence-electron chi connectivity index (χ2n) is 7.64. The predicted molar refractivity (Wildman–Crippen MR) is 106 cm³/mol. The molecule has 3 rings (SSSR count). The number of nitriles is 1. The molecule has 2 heterocycles. The highest BCUT2D eigenvalue weighted by Gasteiger charge is 2.53. The fraction of sp³-hybridized carbons (Fsp3) is 0.550. The molecule has 1 aromatic carbocycles. The van der Waals surface area contributed by atoms with Gasteiger partial charge in [0.05, 0.1) is 16.5 Å². The van der Waals surface area contributed by atoms with Crippen molar-refractivity contribution in [2.24, 2.45) is 0 Å². The Morgan fingerprint density at radius 2 is 2.19 bits per heavy atom. The van der Waals surface area contributed by atoms with E-state index >= 15 is 0 Å². The van der Waals surface area contributed by atoms with E-state index in [-0.39, 0.29) is 16.7 Å². The Morgan fingerprint density at radius 3 is 2.89 bits per heavy atom. The third-order valence-corrected chi connectivity index (χ3v) is 6.79. The number of thioether (sulfide) groups is 1. The quantitative estimate of drug-likeness (QED) is 0.747. The second-order valence-corrected chi connectivity index (χ2v) is 9.14. The highest BCUT2D eigenvalue weighted by Crippen LogP contribution is 2.47. The zero-order valence-electron chi connectivity index (χ0n) is 16.1. The van der Waals surface area contributed by atoms with Gasteiger partial charge in [0.2, 0.25) is 11.8 Å². The van der Waals surface area contributed by atoms with Crippen LogP contribution in [0.4, 0.5) is 0 Å². The number of amides is 2. The lowest BCUT2D eigenvalue weighted by molar-refractivity contribution is -0.144. The Hall–Kier alpha value is -2.04. The van der Waals surface area contributed by atoms with Crippen molar-refractivity contribution >= 4 is 23.6 Å². The standard InChI is InChI=1S/C20H26N4O2S/c1-20-8-7-18(25)24(20)17(14-27-20)19(26)23(10-9-22(2)3)13-16-6-4-5-15(11-16)12-21/h4-6,11,17H,7-10,13-14H2,1-3H3. The maximum Gasteiger partial charge on any atom is 0.246 e. The topological polar surface area (TPSA) is 67.6 Å². The maximum absolute atomic E-state index is 13.4.